The van der Waals surface area contributed by atoms with Gasteiger partial charge in [-0.25, -0.2) is 9.18 Å². The van der Waals surface area contributed by atoms with E-state index < -0.39 is 12.0 Å². The summed E-state index contributed by atoms with van der Waals surface area (Å²) in [4.78, 5) is 22.7. The maximum atomic E-state index is 12.6. The van der Waals surface area contributed by atoms with Crippen molar-refractivity contribution in [3.8, 4) is 0 Å². The van der Waals surface area contributed by atoms with Crippen molar-refractivity contribution in [1.29, 1.82) is 0 Å². The third kappa shape index (κ3) is 3.19. The topological polar surface area (TPSA) is 67.4 Å². The molecule has 0 saturated carbocycles. The zero-order chi connectivity index (χ0) is 13.0. The lowest BCUT2D eigenvalue weighted by Gasteiger charge is -2.10. The molecular formula is C12H13FN2O3. The van der Waals surface area contributed by atoms with Crippen LogP contribution in [0.5, 0.6) is 0 Å². The quantitative estimate of drug-likeness (QED) is 0.773. The molecule has 1 heterocycles. The van der Waals surface area contributed by atoms with E-state index in [0.29, 0.717) is 18.7 Å². The Morgan fingerprint density at radius 3 is 2.72 bits per heavy atom. The molecule has 1 saturated heterocycles. The van der Waals surface area contributed by atoms with Gasteiger partial charge in [0, 0.05) is 12.1 Å². The second-order valence-corrected chi connectivity index (χ2v) is 3.94. The van der Waals surface area contributed by atoms with Gasteiger partial charge in [0.25, 0.3) is 0 Å². The van der Waals surface area contributed by atoms with Gasteiger partial charge in [-0.3, -0.25) is 4.79 Å². The molecule has 1 amide bonds. The van der Waals surface area contributed by atoms with Crippen LogP contribution in [0.3, 0.4) is 0 Å². The van der Waals surface area contributed by atoms with Gasteiger partial charge in [-0.05, 0) is 24.3 Å². The molecule has 6 heteroatoms. The van der Waals surface area contributed by atoms with E-state index in [-0.39, 0.29) is 18.3 Å². The first-order valence-electron chi connectivity index (χ1n) is 5.60. The first-order chi connectivity index (χ1) is 8.65. The van der Waals surface area contributed by atoms with Gasteiger partial charge in [-0.1, -0.05) is 0 Å². The highest BCUT2D eigenvalue weighted by atomic mass is 19.1. The van der Waals surface area contributed by atoms with Gasteiger partial charge in [0.05, 0.1) is 13.2 Å². The minimum Gasteiger partial charge on any atom is -0.464 e. The van der Waals surface area contributed by atoms with Crippen LogP contribution < -0.4 is 10.6 Å². The van der Waals surface area contributed by atoms with Crippen LogP contribution in [0.1, 0.15) is 6.42 Å². The van der Waals surface area contributed by atoms with Gasteiger partial charge in [0.15, 0.2) is 0 Å². The first-order valence-corrected chi connectivity index (χ1v) is 5.60. The normalized spacial score (nSPS) is 18.3. The molecular weight excluding hydrogens is 239 g/mol. The molecule has 96 valence electrons. The van der Waals surface area contributed by atoms with Gasteiger partial charge in [0.1, 0.15) is 11.9 Å². The zero-order valence-corrected chi connectivity index (χ0v) is 9.61. The fourth-order valence-corrected chi connectivity index (χ4v) is 1.62. The van der Waals surface area contributed by atoms with Crippen molar-refractivity contribution in [2.75, 3.05) is 18.5 Å². The highest BCUT2D eigenvalue weighted by molar-refractivity contribution is 5.87. The fraction of sp³-hybridized carbons (Fsp3) is 0.333. The molecule has 0 spiro atoms. The summed E-state index contributed by atoms with van der Waals surface area (Å²) in [7, 11) is 0. The second kappa shape index (κ2) is 5.48. The number of benzene rings is 1. The Kier molecular flexibility index (Phi) is 3.76. The lowest BCUT2D eigenvalue weighted by Crippen LogP contribution is -2.40. The first kappa shape index (κ1) is 12.3. The van der Waals surface area contributed by atoms with E-state index in [1.807, 2.05) is 0 Å². The van der Waals surface area contributed by atoms with Crippen molar-refractivity contribution >= 4 is 17.6 Å². The van der Waals surface area contributed by atoms with Gasteiger partial charge in [-0.15, -0.1) is 0 Å². The van der Waals surface area contributed by atoms with Crippen LogP contribution in [0.4, 0.5) is 10.1 Å². The smallest absolute Gasteiger partial charge is 0.328 e. The summed E-state index contributed by atoms with van der Waals surface area (Å²) >= 11 is 0. The van der Waals surface area contributed by atoms with Crippen LogP contribution in [-0.4, -0.2) is 31.1 Å². The predicted molar refractivity (Wildman–Crippen MR) is 62.4 cm³/mol. The number of hydrogen-bond donors (Lipinski definition) is 2. The van der Waals surface area contributed by atoms with Crippen LogP contribution in [0, 0.1) is 5.82 Å². The van der Waals surface area contributed by atoms with E-state index >= 15 is 0 Å². The molecule has 1 fully saturated rings. The summed E-state index contributed by atoms with van der Waals surface area (Å²) in [6, 6.07) is 5.12. The van der Waals surface area contributed by atoms with Gasteiger partial charge in [-0.2, -0.15) is 0 Å². The summed E-state index contributed by atoms with van der Waals surface area (Å²) in [5, 5.41) is 5.39. The minimum atomic E-state index is -0.549. The monoisotopic (exact) mass is 252 g/mol. The maximum absolute atomic E-state index is 12.6. The number of nitrogens with one attached hydrogen (secondary N) is 2. The maximum Gasteiger partial charge on any atom is 0.328 e. The Labute approximate surface area is 103 Å². The van der Waals surface area contributed by atoms with Gasteiger partial charge in [0.2, 0.25) is 5.91 Å². The van der Waals surface area contributed by atoms with E-state index in [0.717, 1.165) is 0 Å². The highest BCUT2D eigenvalue weighted by Gasteiger charge is 2.27. The number of carbonyl (C=O) groups is 2. The SMILES string of the molecule is O=C(CNc1ccc(F)cc1)N[C@H]1CCOC1=O. The van der Waals surface area contributed by atoms with Crippen molar-refractivity contribution < 1.29 is 18.7 Å². The Hall–Kier alpha value is -2.11. The summed E-state index contributed by atoms with van der Waals surface area (Å²) in [6.07, 6.45) is 0.501. The van der Waals surface area contributed by atoms with Crippen LogP contribution in [0.15, 0.2) is 24.3 Å². The Bertz CT molecular complexity index is 447. The summed E-state index contributed by atoms with van der Waals surface area (Å²) < 4.78 is 17.4. The second-order valence-electron chi connectivity index (χ2n) is 3.94. The molecule has 2 N–H and O–H groups in total. The number of cyclic esters (lactones) is 1. The Balaban J connectivity index is 1.78. The molecule has 0 radical (unpaired) electrons. The van der Waals surface area contributed by atoms with Crippen LogP contribution in [0.2, 0.25) is 0 Å². The molecule has 1 aromatic rings. The number of carbonyl (C=O) groups excluding carboxylic acids is 2. The van der Waals surface area contributed by atoms with Gasteiger partial charge < -0.3 is 15.4 Å². The molecule has 0 unspecified atom stereocenters. The minimum absolute atomic E-state index is 0.0232. The predicted octanol–water partition coefficient (Wildman–Crippen LogP) is 0.669. The number of halogens is 1. The average Bonchev–Trinajstić information content (AvgIpc) is 2.74. The molecule has 18 heavy (non-hydrogen) atoms. The molecule has 0 bridgehead atoms. The molecule has 2 rings (SSSR count). The van der Waals surface area contributed by atoms with E-state index in [1.165, 1.54) is 24.3 Å². The van der Waals surface area contributed by atoms with E-state index in [4.69, 9.17) is 4.74 Å². The van der Waals surface area contributed by atoms with E-state index in [9.17, 15) is 14.0 Å². The summed E-state index contributed by atoms with van der Waals surface area (Å²) in [6.45, 7) is 0.366. The average molecular weight is 252 g/mol. The van der Waals surface area contributed by atoms with Crippen molar-refractivity contribution in [1.82, 2.24) is 5.32 Å². The lowest BCUT2D eigenvalue weighted by atomic mass is 10.2. The zero-order valence-electron chi connectivity index (χ0n) is 9.61. The molecule has 0 aliphatic carbocycles. The summed E-state index contributed by atoms with van der Waals surface area (Å²) in [5.41, 5.74) is 0.639. The highest BCUT2D eigenvalue weighted by Crippen LogP contribution is 2.08. The van der Waals surface area contributed by atoms with E-state index in [2.05, 4.69) is 10.6 Å². The molecule has 1 aliphatic rings. The fourth-order valence-electron chi connectivity index (χ4n) is 1.62. The number of ether oxygens (including phenoxy) is 1. The lowest BCUT2D eigenvalue weighted by molar-refractivity contribution is -0.141. The summed E-state index contributed by atoms with van der Waals surface area (Å²) in [5.74, 6) is -1.04. The Morgan fingerprint density at radius 2 is 2.11 bits per heavy atom. The van der Waals surface area contributed by atoms with Crippen molar-refractivity contribution in [2.45, 2.75) is 12.5 Å². The van der Waals surface area contributed by atoms with Gasteiger partial charge >= 0.3 is 5.97 Å². The largest absolute Gasteiger partial charge is 0.464 e. The molecule has 5 nitrogen and oxygen atoms in total. The third-order valence-corrected chi connectivity index (χ3v) is 2.57. The Morgan fingerprint density at radius 1 is 1.39 bits per heavy atom. The van der Waals surface area contributed by atoms with Crippen LogP contribution in [-0.2, 0) is 14.3 Å². The van der Waals surface area contributed by atoms with Crippen LogP contribution in [0.25, 0.3) is 0 Å². The number of anilines is 1. The van der Waals surface area contributed by atoms with Crippen molar-refractivity contribution in [2.24, 2.45) is 0 Å². The molecule has 0 aromatic heterocycles. The molecule has 1 aliphatic heterocycles. The number of esters is 1. The molecule has 1 aromatic carbocycles. The van der Waals surface area contributed by atoms with Crippen molar-refractivity contribution in [3.63, 3.8) is 0 Å². The number of amides is 1. The standard InChI is InChI=1S/C12H13FN2O3/c13-8-1-3-9(4-2-8)14-7-11(16)15-10-5-6-18-12(10)17/h1-4,10,14H,5-7H2,(H,15,16)/t10-/m0/s1. The van der Waals surface area contributed by atoms with E-state index in [1.54, 1.807) is 0 Å². The number of hydrogen-bond acceptors (Lipinski definition) is 4. The number of rotatable bonds is 4. The third-order valence-electron chi connectivity index (χ3n) is 2.57. The van der Waals surface area contributed by atoms with Crippen molar-refractivity contribution in [3.05, 3.63) is 30.1 Å². The van der Waals surface area contributed by atoms with Crippen LogP contribution >= 0.6 is 0 Å². The molecule has 1 atom stereocenters.